The fourth-order valence-corrected chi connectivity index (χ4v) is 3.58. The third kappa shape index (κ3) is 5.95. The molecule has 152 valence electrons. The molecule has 1 fully saturated rings. The molecule has 1 aliphatic heterocycles. The Balaban J connectivity index is 1.39. The first-order chi connectivity index (χ1) is 13.5. The molecule has 1 saturated heterocycles. The Bertz CT molecular complexity index is 754. The Kier molecular flexibility index (Phi) is 7.30. The predicted molar refractivity (Wildman–Crippen MR) is 106 cm³/mol. The van der Waals surface area contributed by atoms with Crippen molar-refractivity contribution in [3.63, 3.8) is 0 Å². The lowest BCUT2D eigenvalue weighted by atomic mass is 9.99. The van der Waals surface area contributed by atoms with Gasteiger partial charge in [0.15, 0.2) is 0 Å². The van der Waals surface area contributed by atoms with Gasteiger partial charge in [-0.05, 0) is 48.7 Å². The fourth-order valence-electron chi connectivity index (χ4n) is 3.58. The van der Waals surface area contributed by atoms with E-state index in [9.17, 15) is 8.78 Å². The van der Waals surface area contributed by atoms with Crippen LogP contribution in [0.4, 0.5) is 14.6 Å². The molecule has 28 heavy (non-hydrogen) atoms. The van der Waals surface area contributed by atoms with Crippen LogP contribution < -0.4 is 16.4 Å². The Hall–Kier alpha value is -2.09. The molecule has 2 aromatic rings. The van der Waals surface area contributed by atoms with Crippen molar-refractivity contribution in [3.8, 4) is 0 Å². The van der Waals surface area contributed by atoms with E-state index in [1.54, 1.807) is 6.07 Å². The number of hydrogen-bond acceptors (Lipinski definition) is 5. The maximum Gasteiger partial charge on any atom is 0.138 e. The molecule has 1 aromatic carbocycles. The predicted octanol–water partition coefficient (Wildman–Crippen LogP) is 2.56. The van der Waals surface area contributed by atoms with E-state index in [0.717, 1.165) is 30.8 Å². The highest BCUT2D eigenvalue weighted by molar-refractivity contribution is 5.34. The SMILES string of the molecule is Cc1cc(N)nc(C[C@@H]2CNC[C@@H]2OCCNC[C@H](F)c2cccc(F)c2)c1. The molecule has 7 heteroatoms. The lowest BCUT2D eigenvalue weighted by Crippen LogP contribution is -2.30. The number of rotatable bonds is 9. The summed E-state index contributed by atoms with van der Waals surface area (Å²) in [5.74, 6) is 0.449. The summed E-state index contributed by atoms with van der Waals surface area (Å²) in [6.07, 6.45) is -0.340. The van der Waals surface area contributed by atoms with Crippen LogP contribution in [0.25, 0.3) is 0 Å². The average molecular weight is 390 g/mol. The summed E-state index contributed by atoms with van der Waals surface area (Å²) in [5, 5.41) is 6.39. The molecule has 3 rings (SSSR count). The van der Waals surface area contributed by atoms with Gasteiger partial charge in [0.1, 0.15) is 17.8 Å². The summed E-state index contributed by atoms with van der Waals surface area (Å²) in [7, 11) is 0. The highest BCUT2D eigenvalue weighted by Crippen LogP contribution is 2.20. The number of pyridine rings is 1. The van der Waals surface area contributed by atoms with Gasteiger partial charge >= 0.3 is 0 Å². The molecule has 3 atom stereocenters. The number of nitrogen functional groups attached to an aromatic ring is 1. The van der Waals surface area contributed by atoms with Gasteiger partial charge < -0.3 is 21.1 Å². The molecule has 4 N–H and O–H groups in total. The summed E-state index contributed by atoms with van der Waals surface area (Å²) in [6.45, 7) is 4.83. The number of hydrogen-bond donors (Lipinski definition) is 3. The standard InChI is InChI=1S/C21H28F2N4O/c1-14-7-18(27-21(24)8-14)10-16-11-26-13-20(16)28-6-5-25-12-19(23)15-3-2-4-17(22)9-15/h2-4,7-9,16,19-20,25-26H,5-6,10-13H2,1H3,(H2,24,27)/t16-,19+,20+/m1/s1. The average Bonchev–Trinajstić information content (AvgIpc) is 3.07. The van der Waals surface area contributed by atoms with Gasteiger partial charge in [-0.1, -0.05) is 12.1 Å². The van der Waals surface area contributed by atoms with Crippen molar-refractivity contribution in [2.75, 3.05) is 38.5 Å². The topological polar surface area (TPSA) is 72.2 Å². The molecule has 1 aliphatic rings. The number of nitrogens with zero attached hydrogens (tertiary/aromatic N) is 1. The van der Waals surface area contributed by atoms with Crippen LogP contribution in [-0.4, -0.2) is 43.9 Å². The number of benzene rings is 1. The number of halogens is 2. The second-order valence-corrected chi connectivity index (χ2v) is 7.32. The summed E-state index contributed by atoms with van der Waals surface area (Å²) >= 11 is 0. The highest BCUT2D eigenvalue weighted by atomic mass is 19.1. The largest absolute Gasteiger partial charge is 0.384 e. The first-order valence-electron chi connectivity index (χ1n) is 9.67. The van der Waals surface area contributed by atoms with Crippen LogP contribution in [0.1, 0.15) is 23.0 Å². The van der Waals surface area contributed by atoms with Crippen LogP contribution in [0, 0.1) is 18.7 Å². The van der Waals surface area contributed by atoms with E-state index in [2.05, 4.69) is 21.7 Å². The van der Waals surface area contributed by atoms with Crippen molar-refractivity contribution in [2.45, 2.75) is 25.6 Å². The van der Waals surface area contributed by atoms with E-state index in [1.807, 2.05) is 13.0 Å². The van der Waals surface area contributed by atoms with Gasteiger partial charge in [0.05, 0.1) is 12.7 Å². The van der Waals surface area contributed by atoms with Crippen LogP contribution in [0.5, 0.6) is 0 Å². The zero-order valence-corrected chi connectivity index (χ0v) is 16.1. The molecule has 0 unspecified atom stereocenters. The van der Waals surface area contributed by atoms with E-state index >= 15 is 0 Å². The number of anilines is 1. The minimum Gasteiger partial charge on any atom is -0.384 e. The molecular formula is C21H28F2N4O. The van der Waals surface area contributed by atoms with Crippen LogP contribution in [0.2, 0.25) is 0 Å². The van der Waals surface area contributed by atoms with Gasteiger partial charge in [0.25, 0.3) is 0 Å². The van der Waals surface area contributed by atoms with Crippen molar-refractivity contribution in [2.24, 2.45) is 5.92 Å². The lowest BCUT2D eigenvalue weighted by Gasteiger charge is -2.19. The normalized spacial score (nSPS) is 20.4. The number of ether oxygens (including phenoxy) is 1. The Morgan fingerprint density at radius 1 is 1.32 bits per heavy atom. The minimum atomic E-state index is -1.24. The van der Waals surface area contributed by atoms with Gasteiger partial charge in [-0.3, -0.25) is 0 Å². The Morgan fingerprint density at radius 2 is 2.18 bits per heavy atom. The zero-order chi connectivity index (χ0) is 19.9. The summed E-state index contributed by atoms with van der Waals surface area (Å²) in [4.78, 5) is 4.41. The van der Waals surface area contributed by atoms with Gasteiger partial charge in [0.2, 0.25) is 0 Å². The van der Waals surface area contributed by atoms with Gasteiger partial charge in [0, 0.05) is 37.8 Å². The third-order valence-corrected chi connectivity index (χ3v) is 4.94. The molecule has 5 nitrogen and oxygen atoms in total. The van der Waals surface area contributed by atoms with E-state index < -0.39 is 12.0 Å². The fraction of sp³-hybridized carbons (Fsp3) is 0.476. The van der Waals surface area contributed by atoms with E-state index in [4.69, 9.17) is 10.5 Å². The van der Waals surface area contributed by atoms with Crippen molar-refractivity contribution >= 4 is 5.82 Å². The second-order valence-electron chi connectivity index (χ2n) is 7.32. The first-order valence-corrected chi connectivity index (χ1v) is 9.67. The second kappa shape index (κ2) is 9.91. The van der Waals surface area contributed by atoms with Gasteiger partial charge in [-0.2, -0.15) is 0 Å². The van der Waals surface area contributed by atoms with Crippen LogP contribution >= 0.6 is 0 Å². The van der Waals surface area contributed by atoms with E-state index in [1.165, 1.54) is 18.2 Å². The zero-order valence-electron chi connectivity index (χ0n) is 16.1. The minimum absolute atomic E-state index is 0.0923. The molecule has 1 aromatic heterocycles. The van der Waals surface area contributed by atoms with E-state index in [0.29, 0.717) is 30.5 Å². The van der Waals surface area contributed by atoms with Crippen molar-refractivity contribution in [3.05, 3.63) is 59.0 Å². The number of aromatic nitrogens is 1. The Labute approximate surface area is 164 Å². The molecule has 0 saturated carbocycles. The number of nitrogens with one attached hydrogen (secondary N) is 2. The molecule has 0 radical (unpaired) electrons. The number of aryl methyl sites for hydroxylation is 1. The van der Waals surface area contributed by atoms with Crippen molar-refractivity contribution < 1.29 is 13.5 Å². The van der Waals surface area contributed by atoms with Crippen molar-refractivity contribution in [1.82, 2.24) is 15.6 Å². The lowest BCUT2D eigenvalue weighted by molar-refractivity contribution is 0.0391. The van der Waals surface area contributed by atoms with Crippen LogP contribution in [-0.2, 0) is 11.2 Å². The number of nitrogens with two attached hydrogens (primary N) is 1. The van der Waals surface area contributed by atoms with Crippen LogP contribution in [0.15, 0.2) is 36.4 Å². The van der Waals surface area contributed by atoms with E-state index in [-0.39, 0.29) is 12.6 Å². The Morgan fingerprint density at radius 3 is 2.96 bits per heavy atom. The summed E-state index contributed by atoms with van der Waals surface area (Å²) < 4.78 is 33.3. The molecule has 0 aliphatic carbocycles. The quantitative estimate of drug-likeness (QED) is 0.574. The smallest absolute Gasteiger partial charge is 0.138 e. The molecule has 0 spiro atoms. The molecule has 0 amide bonds. The molecular weight excluding hydrogens is 362 g/mol. The molecule has 2 heterocycles. The summed E-state index contributed by atoms with van der Waals surface area (Å²) in [5.41, 5.74) is 8.27. The summed E-state index contributed by atoms with van der Waals surface area (Å²) in [6, 6.07) is 9.56. The highest BCUT2D eigenvalue weighted by Gasteiger charge is 2.28. The van der Waals surface area contributed by atoms with Crippen molar-refractivity contribution in [1.29, 1.82) is 0 Å². The third-order valence-electron chi connectivity index (χ3n) is 4.94. The molecule has 0 bridgehead atoms. The monoisotopic (exact) mass is 390 g/mol. The van der Waals surface area contributed by atoms with Crippen LogP contribution in [0.3, 0.4) is 0 Å². The number of alkyl halides is 1. The maximum absolute atomic E-state index is 14.1. The maximum atomic E-state index is 14.1. The first kappa shape index (κ1) is 20.6. The van der Waals surface area contributed by atoms with Gasteiger partial charge in [-0.15, -0.1) is 0 Å². The van der Waals surface area contributed by atoms with Gasteiger partial charge in [-0.25, -0.2) is 13.8 Å².